The van der Waals surface area contributed by atoms with Crippen LogP contribution in [0.2, 0.25) is 0 Å². The average molecular weight is 210 g/mol. The SMILES string of the molecule is CCCCNc1nccnc1C(N)=S. The maximum absolute atomic E-state index is 5.51. The lowest BCUT2D eigenvalue weighted by atomic mass is 10.3. The summed E-state index contributed by atoms with van der Waals surface area (Å²) >= 11 is 4.86. The van der Waals surface area contributed by atoms with E-state index in [1.54, 1.807) is 12.4 Å². The topological polar surface area (TPSA) is 63.8 Å². The standard InChI is InChI=1S/C9H14N4S/c1-2-3-4-12-9-7(8(10)14)11-5-6-13-9/h5-6H,2-4H2,1H3,(H2,10,14)(H,12,13). The van der Waals surface area contributed by atoms with Crippen molar-refractivity contribution >= 4 is 23.0 Å². The highest BCUT2D eigenvalue weighted by Crippen LogP contribution is 2.07. The van der Waals surface area contributed by atoms with Crippen molar-refractivity contribution in [2.24, 2.45) is 5.73 Å². The molecule has 5 heteroatoms. The van der Waals surface area contributed by atoms with E-state index in [1.807, 2.05) is 0 Å². The molecule has 0 aliphatic rings. The van der Waals surface area contributed by atoms with Crippen LogP contribution >= 0.6 is 12.2 Å². The van der Waals surface area contributed by atoms with Crippen LogP contribution < -0.4 is 11.1 Å². The number of nitrogens with two attached hydrogens (primary N) is 1. The quantitative estimate of drug-likeness (QED) is 0.567. The van der Waals surface area contributed by atoms with Crippen LogP contribution in [0.15, 0.2) is 12.4 Å². The Hall–Kier alpha value is -1.23. The summed E-state index contributed by atoms with van der Waals surface area (Å²) in [4.78, 5) is 8.47. The maximum Gasteiger partial charge on any atom is 0.155 e. The van der Waals surface area contributed by atoms with Crippen LogP contribution in [0.25, 0.3) is 0 Å². The fraction of sp³-hybridized carbons (Fsp3) is 0.444. The molecule has 0 fully saturated rings. The lowest BCUT2D eigenvalue weighted by Gasteiger charge is -2.07. The molecular weight excluding hydrogens is 196 g/mol. The largest absolute Gasteiger partial charge is 0.388 e. The minimum absolute atomic E-state index is 0.275. The summed E-state index contributed by atoms with van der Waals surface area (Å²) in [6.45, 7) is 3.00. The van der Waals surface area contributed by atoms with Crippen molar-refractivity contribution in [2.45, 2.75) is 19.8 Å². The molecule has 0 aliphatic carbocycles. The van der Waals surface area contributed by atoms with Crippen LogP contribution in [0, 0.1) is 0 Å². The Balaban J connectivity index is 2.69. The number of anilines is 1. The fourth-order valence-electron chi connectivity index (χ4n) is 1.03. The van der Waals surface area contributed by atoms with Crippen LogP contribution in [0.5, 0.6) is 0 Å². The van der Waals surface area contributed by atoms with Crippen LogP contribution in [0.1, 0.15) is 25.5 Å². The van der Waals surface area contributed by atoms with Gasteiger partial charge in [0.1, 0.15) is 10.7 Å². The van der Waals surface area contributed by atoms with Gasteiger partial charge >= 0.3 is 0 Å². The van der Waals surface area contributed by atoms with Crippen molar-refractivity contribution in [1.29, 1.82) is 0 Å². The Bertz CT molecular complexity index is 313. The summed E-state index contributed by atoms with van der Waals surface area (Å²) in [7, 11) is 0. The molecule has 14 heavy (non-hydrogen) atoms. The number of nitrogens with zero attached hydrogens (tertiary/aromatic N) is 2. The normalized spacial score (nSPS) is 9.79. The number of hydrogen-bond acceptors (Lipinski definition) is 4. The predicted molar refractivity (Wildman–Crippen MR) is 61.3 cm³/mol. The second kappa shape index (κ2) is 5.49. The minimum Gasteiger partial charge on any atom is -0.388 e. The minimum atomic E-state index is 0.275. The first-order valence-corrected chi connectivity index (χ1v) is 5.01. The van der Waals surface area contributed by atoms with Crippen LogP contribution in [-0.2, 0) is 0 Å². The van der Waals surface area contributed by atoms with Crippen molar-refractivity contribution < 1.29 is 0 Å². The smallest absolute Gasteiger partial charge is 0.155 e. The van der Waals surface area contributed by atoms with E-state index in [2.05, 4.69) is 22.2 Å². The van der Waals surface area contributed by atoms with Gasteiger partial charge in [-0.15, -0.1) is 0 Å². The van der Waals surface area contributed by atoms with Gasteiger partial charge in [0.05, 0.1) is 0 Å². The molecular formula is C9H14N4S. The monoisotopic (exact) mass is 210 g/mol. The second-order valence-corrected chi connectivity index (χ2v) is 3.34. The van der Waals surface area contributed by atoms with Gasteiger partial charge < -0.3 is 11.1 Å². The summed E-state index contributed by atoms with van der Waals surface area (Å²) in [6.07, 6.45) is 5.43. The number of aromatic nitrogens is 2. The van der Waals surface area contributed by atoms with Crippen molar-refractivity contribution in [3.05, 3.63) is 18.1 Å². The lowest BCUT2D eigenvalue weighted by molar-refractivity contribution is 0.829. The van der Waals surface area contributed by atoms with Crippen molar-refractivity contribution in [3.8, 4) is 0 Å². The Morgan fingerprint density at radius 3 is 2.86 bits per heavy atom. The van der Waals surface area contributed by atoms with Crippen molar-refractivity contribution in [2.75, 3.05) is 11.9 Å². The van der Waals surface area contributed by atoms with Gasteiger partial charge in [0, 0.05) is 18.9 Å². The van der Waals surface area contributed by atoms with Gasteiger partial charge in [0.25, 0.3) is 0 Å². The molecule has 1 aromatic heterocycles. The molecule has 0 radical (unpaired) electrons. The third-order valence-electron chi connectivity index (χ3n) is 1.75. The molecule has 1 heterocycles. The van der Waals surface area contributed by atoms with Gasteiger partial charge in [0.15, 0.2) is 5.82 Å². The van der Waals surface area contributed by atoms with E-state index in [0.29, 0.717) is 11.5 Å². The fourth-order valence-corrected chi connectivity index (χ4v) is 1.18. The molecule has 0 aromatic carbocycles. The van der Waals surface area contributed by atoms with Gasteiger partial charge in [-0.25, -0.2) is 9.97 Å². The summed E-state index contributed by atoms with van der Waals surface area (Å²) < 4.78 is 0. The third-order valence-corrected chi connectivity index (χ3v) is 1.95. The molecule has 0 spiro atoms. The van der Waals surface area contributed by atoms with E-state index in [-0.39, 0.29) is 4.99 Å². The van der Waals surface area contributed by atoms with Crippen molar-refractivity contribution in [3.63, 3.8) is 0 Å². The first kappa shape index (κ1) is 10.8. The molecule has 0 saturated heterocycles. The molecule has 1 rings (SSSR count). The van der Waals surface area contributed by atoms with Gasteiger partial charge in [-0.2, -0.15) is 0 Å². The van der Waals surface area contributed by atoms with E-state index >= 15 is 0 Å². The zero-order valence-electron chi connectivity index (χ0n) is 8.16. The Kier molecular flexibility index (Phi) is 4.25. The molecule has 0 atom stereocenters. The molecule has 0 saturated carbocycles. The number of nitrogens with one attached hydrogen (secondary N) is 1. The molecule has 76 valence electrons. The van der Waals surface area contributed by atoms with E-state index in [1.165, 1.54) is 0 Å². The van der Waals surface area contributed by atoms with E-state index < -0.39 is 0 Å². The zero-order chi connectivity index (χ0) is 10.4. The molecule has 0 bridgehead atoms. The van der Waals surface area contributed by atoms with E-state index in [9.17, 15) is 0 Å². The molecule has 0 amide bonds. The summed E-state index contributed by atoms with van der Waals surface area (Å²) in [5, 5.41) is 3.15. The highest BCUT2D eigenvalue weighted by Gasteiger charge is 2.05. The first-order chi connectivity index (χ1) is 6.75. The highest BCUT2D eigenvalue weighted by molar-refractivity contribution is 7.80. The second-order valence-electron chi connectivity index (χ2n) is 2.90. The van der Waals surface area contributed by atoms with Gasteiger partial charge in [-0.05, 0) is 6.42 Å². The zero-order valence-corrected chi connectivity index (χ0v) is 8.97. The van der Waals surface area contributed by atoms with Gasteiger partial charge in [0.2, 0.25) is 0 Å². The lowest BCUT2D eigenvalue weighted by Crippen LogP contribution is -2.16. The number of rotatable bonds is 5. The summed E-state index contributed by atoms with van der Waals surface area (Å²) in [5.74, 6) is 0.674. The Morgan fingerprint density at radius 1 is 1.50 bits per heavy atom. The Morgan fingerprint density at radius 2 is 2.21 bits per heavy atom. The van der Waals surface area contributed by atoms with Crippen molar-refractivity contribution in [1.82, 2.24) is 9.97 Å². The Labute approximate surface area is 88.9 Å². The maximum atomic E-state index is 5.51. The van der Waals surface area contributed by atoms with Gasteiger partial charge in [-0.3, -0.25) is 0 Å². The molecule has 3 N–H and O–H groups in total. The number of hydrogen-bond donors (Lipinski definition) is 2. The van der Waals surface area contributed by atoms with Crippen LogP contribution in [0.3, 0.4) is 0 Å². The average Bonchev–Trinajstić information content (AvgIpc) is 2.19. The molecule has 0 aliphatic heterocycles. The summed E-state index contributed by atoms with van der Waals surface area (Å²) in [6, 6.07) is 0. The first-order valence-electron chi connectivity index (χ1n) is 4.60. The number of thiocarbonyl (C=S) groups is 1. The van der Waals surface area contributed by atoms with Gasteiger partial charge in [-0.1, -0.05) is 25.6 Å². The van der Waals surface area contributed by atoms with E-state index in [0.717, 1.165) is 19.4 Å². The third kappa shape index (κ3) is 2.92. The molecule has 0 unspecified atom stereocenters. The predicted octanol–water partition coefficient (Wildman–Crippen LogP) is 1.32. The molecule has 4 nitrogen and oxygen atoms in total. The highest BCUT2D eigenvalue weighted by atomic mass is 32.1. The number of unbranched alkanes of at least 4 members (excludes halogenated alkanes) is 1. The van der Waals surface area contributed by atoms with E-state index in [4.69, 9.17) is 18.0 Å². The van der Waals surface area contributed by atoms with Crippen LogP contribution in [-0.4, -0.2) is 21.5 Å². The van der Waals surface area contributed by atoms with Crippen LogP contribution in [0.4, 0.5) is 5.82 Å². The molecule has 1 aromatic rings. The summed E-state index contributed by atoms with van der Waals surface area (Å²) in [5.41, 5.74) is 6.08.